The summed E-state index contributed by atoms with van der Waals surface area (Å²) in [6, 6.07) is 9.13. The molecule has 0 aliphatic carbocycles. The Hall–Kier alpha value is -1.27. The van der Waals surface area contributed by atoms with Crippen molar-refractivity contribution < 1.29 is 13.6 Å². The highest BCUT2D eigenvalue weighted by atomic mass is 79.9. The Bertz CT molecular complexity index is 662. The van der Waals surface area contributed by atoms with Crippen LogP contribution < -0.4 is 5.32 Å². The van der Waals surface area contributed by atoms with Gasteiger partial charge in [0.1, 0.15) is 11.6 Å². The lowest BCUT2D eigenvalue weighted by Crippen LogP contribution is -2.15. The van der Waals surface area contributed by atoms with Crippen molar-refractivity contribution in [3.05, 3.63) is 62.5 Å². The summed E-state index contributed by atoms with van der Waals surface area (Å²) < 4.78 is 27.8. The second-order valence-corrected chi connectivity index (χ2v) is 5.87. The fourth-order valence-electron chi connectivity index (χ4n) is 1.65. The topological polar surface area (TPSA) is 29.1 Å². The van der Waals surface area contributed by atoms with Gasteiger partial charge in [-0.15, -0.1) is 0 Å². The molecule has 0 bridgehead atoms. The lowest BCUT2D eigenvalue weighted by Gasteiger charge is -2.08. The van der Waals surface area contributed by atoms with E-state index >= 15 is 0 Å². The molecule has 0 heterocycles. The van der Waals surface area contributed by atoms with Gasteiger partial charge in [-0.3, -0.25) is 4.79 Å². The second kappa shape index (κ2) is 6.45. The van der Waals surface area contributed by atoms with Crippen LogP contribution in [0, 0.1) is 11.6 Å². The van der Waals surface area contributed by atoms with Gasteiger partial charge in [-0.05, 0) is 39.7 Å². The first-order valence-corrected chi connectivity index (χ1v) is 7.23. The van der Waals surface area contributed by atoms with Crippen molar-refractivity contribution >= 4 is 43.5 Å². The minimum absolute atomic E-state index is 0.0139. The van der Waals surface area contributed by atoms with Crippen LogP contribution in [0.25, 0.3) is 0 Å². The van der Waals surface area contributed by atoms with Gasteiger partial charge >= 0.3 is 0 Å². The summed E-state index contributed by atoms with van der Waals surface area (Å²) in [5.41, 5.74) is 0.598. The zero-order chi connectivity index (χ0) is 14.7. The Morgan fingerprint density at radius 1 is 1.10 bits per heavy atom. The predicted molar refractivity (Wildman–Crippen MR) is 80.5 cm³/mol. The average Bonchev–Trinajstić information content (AvgIpc) is 2.36. The molecule has 2 aromatic carbocycles. The van der Waals surface area contributed by atoms with E-state index in [-0.39, 0.29) is 16.6 Å². The summed E-state index contributed by atoms with van der Waals surface area (Å²) >= 11 is 6.18. The van der Waals surface area contributed by atoms with E-state index in [0.29, 0.717) is 0 Å². The average molecular weight is 405 g/mol. The molecule has 0 unspecified atom stereocenters. The molecule has 2 rings (SSSR count). The molecule has 0 aliphatic heterocycles. The normalized spacial score (nSPS) is 10.4. The highest BCUT2D eigenvalue weighted by Crippen LogP contribution is 2.23. The molecule has 0 saturated carbocycles. The summed E-state index contributed by atoms with van der Waals surface area (Å²) in [6.45, 7) is 0. The molecule has 0 atom stereocenters. The SMILES string of the molecule is O=C(Cc1cccc(Br)c1)Nc1cc(F)c(Br)cc1F. The first kappa shape index (κ1) is 15.1. The van der Waals surface area contributed by atoms with E-state index in [9.17, 15) is 13.6 Å². The van der Waals surface area contributed by atoms with Gasteiger partial charge < -0.3 is 5.32 Å². The van der Waals surface area contributed by atoms with Gasteiger partial charge in [-0.2, -0.15) is 0 Å². The van der Waals surface area contributed by atoms with Gasteiger partial charge in [0.25, 0.3) is 0 Å². The fraction of sp³-hybridized carbons (Fsp3) is 0.0714. The molecule has 0 aliphatic rings. The molecule has 0 aromatic heterocycles. The number of anilines is 1. The number of halogens is 4. The van der Waals surface area contributed by atoms with Gasteiger partial charge in [0.2, 0.25) is 5.91 Å². The molecule has 20 heavy (non-hydrogen) atoms. The minimum atomic E-state index is -0.694. The molecule has 1 amide bonds. The molecule has 1 N–H and O–H groups in total. The lowest BCUT2D eigenvalue weighted by molar-refractivity contribution is -0.115. The molecular formula is C14H9Br2F2NO. The van der Waals surface area contributed by atoms with E-state index in [4.69, 9.17) is 0 Å². The maximum atomic E-state index is 13.6. The first-order chi connectivity index (χ1) is 9.45. The minimum Gasteiger partial charge on any atom is -0.323 e. The van der Waals surface area contributed by atoms with Crippen molar-refractivity contribution in [3.8, 4) is 0 Å². The van der Waals surface area contributed by atoms with Crippen LogP contribution in [0.15, 0.2) is 45.3 Å². The number of carbonyl (C=O) groups is 1. The molecule has 0 radical (unpaired) electrons. The zero-order valence-electron chi connectivity index (χ0n) is 10.1. The summed E-state index contributed by atoms with van der Waals surface area (Å²) in [4.78, 5) is 11.8. The molecule has 104 valence electrons. The third-order valence-electron chi connectivity index (χ3n) is 2.54. The van der Waals surface area contributed by atoms with E-state index in [1.54, 1.807) is 18.2 Å². The van der Waals surface area contributed by atoms with Crippen molar-refractivity contribution in [2.75, 3.05) is 5.32 Å². The van der Waals surface area contributed by atoms with Gasteiger partial charge in [-0.25, -0.2) is 8.78 Å². The van der Waals surface area contributed by atoms with Crippen LogP contribution in [0.1, 0.15) is 5.56 Å². The standard InChI is InChI=1S/C14H9Br2F2NO/c15-9-3-1-2-8(4-9)5-14(20)19-13-7-11(17)10(16)6-12(13)18/h1-4,6-7H,5H2,(H,19,20). The maximum Gasteiger partial charge on any atom is 0.228 e. The lowest BCUT2D eigenvalue weighted by atomic mass is 10.1. The van der Waals surface area contributed by atoms with Crippen LogP contribution in [0.5, 0.6) is 0 Å². The number of hydrogen-bond donors (Lipinski definition) is 1. The van der Waals surface area contributed by atoms with Crippen LogP contribution in [0.3, 0.4) is 0 Å². The summed E-state index contributed by atoms with van der Waals surface area (Å²) in [5, 5.41) is 2.36. The molecule has 2 nitrogen and oxygen atoms in total. The molecule has 2 aromatic rings. The fourth-order valence-corrected chi connectivity index (χ4v) is 2.41. The van der Waals surface area contributed by atoms with Crippen LogP contribution in [0.2, 0.25) is 0 Å². The highest BCUT2D eigenvalue weighted by molar-refractivity contribution is 9.10. The van der Waals surface area contributed by atoms with Crippen LogP contribution >= 0.6 is 31.9 Å². The van der Waals surface area contributed by atoms with Gasteiger partial charge in [-0.1, -0.05) is 28.1 Å². The Kier molecular flexibility index (Phi) is 4.88. The number of amides is 1. The van der Waals surface area contributed by atoms with Gasteiger partial charge in [0.05, 0.1) is 16.6 Å². The third-order valence-corrected chi connectivity index (χ3v) is 3.64. The Labute approximate surface area is 131 Å². The quantitative estimate of drug-likeness (QED) is 0.740. The smallest absolute Gasteiger partial charge is 0.228 e. The van der Waals surface area contributed by atoms with E-state index in [1.807, 2.05) is 6.07 Å². The number of hydrogen-bond acceptors (Lipinski definition) is 1. The van der Waals surface area contributed by atoms with Crippen molar-refractivity contribution in [2.24, 2.45) is 0 Å². The van der Waals surface area contributed by atoms with E-state index in [1.165, 1.54) is 0 Å². The molecule has 0 fully saturated rings. The number of rotatable bonds is 3. The second-order valence-electron chi connectivity index (χ2n) is 4.10. The number of nitrogens with one attached hydrogen (secondary N) is 1. The zero-order valence-corrected chi connectivity index (χ0v) is 13.3. The predicted octanol–water partition coefficient (Wildman–Crippen LogP) is 4.67. The summed E-state index contributed by atoms with van der Waals surface area (Å²) in [5.74, 6) is -1.74. The first-order valence-electron chi connectivity index (χ1n) is 5.64. The van der Waals surface area contributed by atoms with E-state index in [0.717, 1.165) is 22.2 Å². The van der Waals surface area contributed by atoms with E-state index < -0.39 is 17.5 Å². The van der Waals surface area contributed by atoms with Crippen molar-refractivity contribution in [1.82, 2.24) is 0 Å². The summed E-state index contributed by atoms with van der Waals surface area (Å²) in [7, 11) is 0. The van der Waals surface area contributed by atoms with Gasteiger partial charge in [0, 0.05) is 10.5 Å². The molecular weight excluding hydrogens is 396 g/mol. The Morgan fingerprint density at radius 3 is 2.55 bits per heavy atom. The largest absolute Gasteiger partial charge is 0.323 e. The van der Waals surface area contributed by atoms with Crippen LogP contribution in [-0.2, 0) is 11.2 Å². The van der Waals surface area contributed by atoms with Crippen molar-refractivity contribution in [3.63, 3.8) is 0 Å². The number of benzene rings is 2. The molecule has 0 spiro atoms. The van der Waals surface area contributed by atoms with Crippen molar-refractivity contribution in [1.29, 1.82) is 0 Å². The molecule has 6 heteroatoms. The highest BCUT2D eigenvalue weighted by Gasteiger charge is 2.11. The molecule has 0 saturated heterocycles. The Morgan fingerprint density at radius 2 is 1.85 bits per heavy atom. The van der Waals surface area contributed by atoms with Crippen LogP contribution in [0.4, 0.5) is 14.5 Å². The van der Waals surface area contributed by atoms with E-state index in [2.05, 4.69) is 37.2 Å². The number of carbonyl (C=O) groups excluding carboxylic acids is 1. The monoisotopic (exact) mass is 403 g/mol. The summed E-state index contributed by atoms with van der Waals surface area (Å²) in [6.07, 6.45) is 0.0799. The Balaban J connectivity index is 2.10. The van der Waals surface area contributed by atoms with Crippen molar-refractivity contribution in [2.45, 2.75) is 6.42 Å². The maximum absolute atomic E-state index is 13.6. The van der Waals surface area contributed by atoms with Crippen LogP contribution in [-0.4, -0.2) is 5.91 Å². The third kappa shape index (κ3) is 3.86. The van der Waals surface area contributed by atoms with Gasteiger partial charge in [0.15, 0.2) is 0 Å².